The number of ether oxygens (including phenoxy) is 2. The van der Waals surface area contributed by atoms with Crippen LogP contribution in [0.1, 0.15) is 11.6 Å². The summed E-state index contributed by atoms with van der Waals surface area (Å²) < 4.78 is 12.2. The van der Waals surface area contributed by atoms with Crippen LogP contribution in [-0.2, 0) is 6.54 Å². The molecule has 2 aromatic rings. The fourth-order valence-electron chi connectivity index (χ4n) is 2.48. The van der Waals surface area contributed by atoms with Gasteiger partial charge in [0.15, 0.2) is 11.5 Å². The van der Waals surface area contributed by atoms with Crippen LogP contribution in [0.2, 0.25) is 0 Å². The second kappa shape index (κ2) is 6.55. The first-order chi connectivity index (χ1) is 11.2. The summed E-state index contributed by atoms with van der Waals surface area (Å²) in [6, 6.07) is 5.70. The van der Waals surface area contributed by atoms with Crippen LogP contribution < -0.4 is 14.8 Å². The van der Waals surface area contributed by atoms with Gasteiger partial charge in [-0.3, -0.25) is 0 Å². The summed E-state index contributed by atoms with van der Waals surface area (Å²) in [4.78, 5) is 13.8. The molecule has 122 valence electrons. The summed E-state index contributed by atoms with van der Waals surface area (Å²) in [5, 5.41) is 10.6. The lowest BCUT2D eigenvalue weighted by atomic mass is 10.1. The highest BCUT2D eigenvalue weighted by atomic mass is 16.5. The second-order valence-corrected chi connectivity index (χ2v) is 5.29. The number of rotatable bonds is 5. The first-order valence-corrected chi connectivity index (χ1v) is 7.30. The van der Waals surface area contributed by atoms with E-state index in [0.29, 0.717) is 31.1 Å². The van der Waals surface area contributed by atoms with Gasteiger partial charge in [0.25, 0.3) is 0 Å². The van der Waals surface area contributed by atoms with Gasteiger partial charge in [-0.25, -0.2) is 9.48 Å². The lowest BCUT2D eigenvalue weighted by Gasteiger charge is -2.38. The van der Waals surface area contributed by atoms with E-state index in [2.05, 4.69) is 15.6 Å². The molecule has 2 heterocycles. The Morgan fingerprint density at radius 3 is 2.74 bits per heavy atom. The van der Waals surface area contributed by atoms with Crippen molar-refractivity contribution in [3.8, 4) is 11.5 Å². The number of urea groups is 1. The molecule has 1 saturated heterocycles. The number of likely N-dealkylation sites (tertiary alicyclic amines) is 1. The molecule has 23 heavy (non-hydrogen) atoms. The van der Waals surface area contributed by atoms with Crippen molar-refractivity contribution in [2.45, 2.75) is 12.6 Å². The van der Waals surface area contributed by atoms with Crippen LogP contribution >= 0.6 is 0 Å². The minimum Gasteiger partial charge on any atom is -0.493 e. The standard InChI is InChI=1S/C15H19N5O3/c1-22-13-4-3-11(7-14(13)23-2)8-16-15(21)19-9-12(10-19)20-6-5-17-18-20/h3-7,12H,8-10H2,1-2H3,(H,16,21). The van der Waals surface area contributed by atoms with Crippen molar-refractivity contribution in [3.05, 3.63) is 36.2 Å². The minimum absolute atomic E-state index is 0.0869. The highest BCUT2D eigenvalue weighted by Gasteiger charge is 2.32. The van der Waals surface area contributed by atoms with E-state index in [1.807, 2.05) is 24.4 Å². The third kappa shape index (κ3) is 3.20. The highest BCUT2D eigenvalue weighted by molar-refractivity contribution is 5.75. The predicted molar refractivity (Wildman–Crippen MR) is 82.4 cm³/mol. The Kier molecular flexibility index (Phi) is 4.31. The number of hydrogen-bond donors (Lipinski definition) is 1. The Morgan fingerprint density at radius 1 is 1.30 bits per heavy atom. The van der Waals surface area contributed by atoms with E-state index >= 15 is 0 Å². The van der Waals surface area contributed by atoms with Crippen molar-refractivity contribution in [1.29, 1.82) is 0 Å². The van der Waals surface area contributed by atoms with Crippen molar-refractivity contribution in [2.75, 3.05) is 27.3 Å². The molecule has 3 rings (SSSR count). The molecule has 0 unspecified atom stereocenters. The van der Waals surface area contributed by atoms with Gasteiger partial charge in [0.05, 0.1) is 26.5 Å². The monoisotopic (exact) mass is 317 g/mol. The van der Waals surface area contributed by atoms with Crippen LogP contribution in [0.25, 0.3) is 0 Å². The maximum Gasteiger partial charge on any atom is 0.317 e. The molecular weight excluding hydrogens is 298 g/mol. The maximum atomic E-state index is 12.1. The van der Waals surface area contributed by atoms with E-state index in [4.69, 9.17) is 9.47 Å². The number of nitrogens with one attached hydrogen (secondary N) is 1. The molecule has 1 aliphatic heterocycles. The lowest BCUT2D eigenvalue weighted by molar-refractivity contribution is 0.117. The van der Waals surface area contributed by atoms with Crippen LogP contribution in [0.4, 0.5) is 4.79 Å². The topological polar surface area (TPSA) is 81.5 Å². The van der Waals surface area contributed by atoms with Gasteiger partial charge in [0.1, 0.15) is 0 Å². The third-order valence-electron chi connectivity index (χ3n) is 3.86. The van der Waals surface area contributed by atoms with Gasteiger partial charge in [-0.1, -0.05) is 11.3 Å². The molecule has 1 fully saturated rings. The number of hydrogen-bond acceptors (Lipinski definition) is 5. The van der Waals surface area contributed by atoms with Crippen molar-refractivity contribution in [3.63, 3.8) is 0 Å². The van der Waals surface area contributed by atoms with Gasteiger partial charge < -0.3 is 19.7 Å². The van der Waals surface area contributed by atoms with Gasteiger partial charge in [-0.15, -0.1) is 5.10 Å². The summed E-state index contributed by atoms with van der Waals surface area (Å²) in [7, 11) is 3.18. The zero-order chi connectivity index (χ0) is 16.2. The number of methoxy groups -OCH3 is 2. The van der Waals surface area contributed by atoms with Crippen molar-refractivity contribution in [2.24, 2.45) is 0 Å². The summed E-state index contributed by atoms with van der Waals surface area (Å²) in [5.41, 5.74) is 0.948. The average molecular weight is 317 g/mol. The summed E-state index contributed by atoms with van der Waals surface area (Å²) in [5.74, 6) is 1.32. The molecule has 0 saturated carbocycles. The molecule has 0 bridgehead atoms. The molecule has 0 spiro atoms. The highest BCUT2D eigenvalue weighted by Crippen LogP contribution is 2.27. The Bertz CT molecular complexity index is 668. The zero-order valence-electron chi connectivity index (χ0n) is 13.1. The van der Waals surface area contributed by atoms with Crippen LogP contribution in [-0.4, -0.2) is 53.2 Å². The first-order valence-electron chi connectivity index (χ1n) is 7.30. The number of carbonyl (C=O) groups excluding carboxylic acids is 1. The average Bonchev–Trinajstić information content (AvgIpc) is 3.05. The number of carbonyl (C=O) groups is 1. The first kappa shape index (κ1) is 15.1. The molecule has 2 amide bonds. The molecule has 1 aliphatic rings. The molecule has 1 aromatic carbocycles. The van der Waals surface area contributed by atoms with E-state index in [1.54, 1.807) is 30.0 Å². The molecule has 8 heteroatoms. The Morgan fingerprint density at radius 2 is 2.09 bits per heavy atom. The molecule has 1 aromatic heterocycles. The normalized spacial score (nSPS) is 14.3. The Hall–Kier alpha value is -2.77. The van der Waals surface area contributed by atoms with E-state index in [0.717, 1.165) is 5.56 Å². The van der Waals surface area contributed by atoms with Gasteiger partial charge in [-0.05, 0) is 17.7 Å². The summed E-state index contributed by atoms with van der Waals surface area (Å²) in [6.45, 7) is 1.71. The van der Waals surface area contributed by atoms with E-state index in [9.17, 15) is 4.79 Å². The SMILES string of the molecule is COc1ccc(CNC(=O)N2CC(n3ccnn3)C2)cc1OC. The van der Waals surface area contributed by atoms with Gasteiger partial charge >= 0.3 is 6.03 Å². The zero-order valence-corrected chi connectivity index (χ0v) is 13.1. The lowest BCUT2D eigenvalue weighted by Crippen LogP contribution is -2.54. The van der Waals surface area contributed by atoms with Crippen LogP contribution in [0.3, 0.4) is 0 Å². The third-order valence-corrected chi connectivity index (χ3v) is 3.86. The van der Waals surface area contributed by atoms with E-state index in [-0.39, 0.29) is 12.1 Å². The fourth-order valence-corrected chi connectivity index (χ4v) is 2.48. The maximum absolute atomic E-state index is 12.1. The molecule has 0 atom stereocenters. The number of aromatic nitrogens is 3. The largest absolute Gasteiger partial charge is 0.493 e. The fraction of sp³-hybridized carbons (Fsp3) is 0.400. The van der Waals surface area contributed by atoms with Gasteiger partial charge in [0, 0.05) is 25.8 Å². The quantitative estimate of drug-likeness (QED) is 0.892. The van der Waals surface area contributed by atoms with Gasteiger partial charge in [-0.2, -0.15) is 0 Å². The molecule has 1 N–H and O–H groups in total. The molecule has 8 nitrogen and oxygen atoms in total. The summed E-state index contributed by atoms with van der Waals surface area (Å²) >= 11 is 0. The molecule has 0 radical (unpaired) electrons. The molecule has 0 aliphatic carbocycles. The number of nitrogens with zero attached hydrogens (tertiary/aromatic N) is 4. The number of benzene rings is 1. The van der Waals surface area contributed by atoms with Crippen molar-refractivity contribution in [1.82, 2.24) is 25.2 Å². The molecular formula is C15H19N5O3. The van der Waals surface area contributed by atoms with Gasteiger partial charge in [0.2, 0.25) is 0 Å². The Labute approximate surface area is 134 Å². The second-order valence-electron chi connectivity index (χ2n) is 5.29. The Balaban J connectivity index is 1.50. The van der Waals surface area contributed by atoms with Crippen LogP contribution in [0, 0.1) is 0 Å². The van der Waals surface area contributed by atoms with Crippen molar-refractivity contribution >= 4 is 6.03 Å². The number of amides is 2. The summed E-state index contributed by atoms with van der Waals surface area (Å²) in [6.07, 6.45) is 3.45. The van der Waals surface area contributed by atoms with Crippen molar-refractivity contribution < 1.29 is 14.3 Å². The van der Waals surface area contributed by atoms with E-state index < -0.39 is 0 Å². The minimum atomic E-state index is -0.0869. The predicted octanol–water partition coefficient (Wildman–Crippen LogP) is 1.06. The van der Waals surface area contributed by atoms with Crippen LogP contribution in [0.5, 0.6) is 11.5 Å². The smallest absolute Gasteiger partial charge is 0.317 e. The van der Waals surface area contributed by atoms with Crippen LogP contribution in [0.15, 0.2) is 30.6 Å². The van der Waals surface area contributed by atoms with E-state index in [1.165, 1.54) is 0 Å².